The Morgan fingerprint density at radius 2 is 2.25 bits per heavy atom. The van der Waals surface area contributed by atoms with Crippen molar-refractivity contribution >= 4 is 5.97 Å². The quantitative estimate of drug-likeness (QED) is 0.687. The lowest BCUT2D eigenvalue weighted by molar-refractivity contribution is -0.145. The zero-order valence-electron chi connectivity index (χ0n) is 7.83. The molecule has 1 saturated heterocycles. The Balaban J connectivity index is 2.68. The molecule has 0 aromatic rings. The predicted molar refractivity (Wildman–Crippen MR) is 44.9 cm³/mol. The third-order valence-corrected chi connectivity index (χ3v) is 2.79. The normalized spacial score (nSPS) is 30.1. The first kappa shape index (κ1) is 9.52. The number of carbonyl (C=O) groups is 1. The van der Waals surface area contributed by atoms with Crippen LogP contribution in [0.5, 0.6) is 0 Å². The van der Waals surface area contributed by atoms with Crippen LogP contribution < -0.4 is 0 Å². The van der Waals surface area contributed by atoms with E-state index in [1.807, 2.05) is 13.8 Å². The highest BCUT2D eigenvalue weighted by atomic mass is 16.5. The summed E-state index contributed by atoms with van der Waals surface area (Å²) in [6, 6.07) is 0. The number of carboxylic acid groups (broad SMARTS) is 1. The summed E-state index contributed by atoms with van der Waals surface area (Å²) < 4.78 is 5.46. The van der Waals surface area contributed by atoms with Crippen molar-refractivity contribution < 1.29 is 14.6 Å². The molecule has 1 heterocycles. The predicted octanol–water partition coefficient (Wildman–Crippen LogP) is 1.52. The minimum Gasteiger partial charge on any atom is -0.481 e. The molecule has 70 valence electrons. The van der Waals surface area contributed by atoms with Crippen molar-refractivity contribution in [2.75, 3.05) is 6.61 Å². The molecular formula is C9H16O3. The molecule has 3 heteroatoms. The largest absolute Gasteiger partial charge is 0.481 e. The van der Waals surface area contributed by atoms with Gasteiger partial charge in [0.2, 0.25) is 0 Å². The fourth-order valence-corrected chi connectivity index (χ4v) is 1.93. The summed E-state index contributed by atoms with van der Waals surface area (Å²) in [5, 5.41) is 8.82. The van der Waals surface area contributed by atoms with Gasteiger partial charge in [0.1, 0.15) is 0 Å². The highest BCUT2D eigenvalue weighted by molar-refractivity contribution is 5.70. The fourth-order valence-electron chi connectivity index (χ4n) is 1.93. The van der Waals surface area contributed by atoms with E-state index in [-0.39, 0.29) is 17.4 Å². The molecular weight excluding hydrogens is 156 g/mol. The molecule has 1 aliphatic rings. The molecule has 1 aliphatic heterocycles. The number of hydrogen-bond acceptors (Lipinski definition) is 2. The van der Waals surface area contributed by atoms with E-state index < -0.39 is 5.97 Å². The van der Waals surface area contributed by atoms with Crippen LogP contribution in [0.2, 0.25) is 0 Å². The summed E-state index contributed by atoms with van der Waals surface area (Å²) in [7, 11) is 0. The van der Waals surface area contributed by atoms with Gasteiger partial charge in [-0.05, 0) is 20.3 Å². The van der Waals surface area contributed by atoms with Gasteiger partial charge in [-0.2, -0.15) is 0 Å². The Hall–Kier alpha value is -0.570. The molecule has 0 aromatic carbocycles. The fraction of sp³-hybridized carbons (Fsp3) is 0.889. The minimum absolute atomic E-state index is 0.148. The second-order valence-corrected chi connectivity index (χ2v) is 3.97. The topological polar surface area (TPSA) is 46.5 Å². The Kier molecular flexibility index (Phi) is 2.42. The summed E-state index contributed by atoms with van der Waals surface area (Å²) in [6.45, 7) is 6.37. The van der Waals surface area contributed by atoms with Gasteiger partial charge in [0, 0.05) is 12.5 Å². The second-order valence-electron chi connectivity index (χ2n) is 3.97. The van der Waals surface area contributed by atoms with Crippen LogP contribution in [0.4, 0.5) is 0 Å². The molecule has 0 amide bonds. The standard InChI is InChI=1S/C9H16O3/c1-6(8(10)11)7-4-5-12-9(7,2)3/h6-7H,4-5H2,1-3H3,(H,10,11). The maximum Gasteiger partial charge on any atom is 0.306 e. The van der Waals surface area contributed by atoms with Crippen LogP contribution in [-0.2, 0) is 9.53 Å². The average molecular weight is 172 g/mol. The van der Waals surface area contributed by atoms with E-state index in [0.29, 0.717) is 6.61 Å². The first-order chi connectivity index (χ1) is 5.45. The zero-order valence-corrected chi connectivity index (χ0v) is 7.83. The summed E-state index contributed by atoms with van der Waals surface area (Å²) in [6.07, 6.45) is 0.862. The Morgan fingerprint density at radius 1 is 1.67 bits per heavy atom. The first-order valence-electron chi connectivity index (χ1n) is 4.32. The highest BCUT2D eigenvalue weighted by Crippen LogP contribution is 2.36. The summed E-state index contributed by atoms with van der Waals surface area (Å²) in [5.41, 5.74) is -0.266. The van der Waals surface area contributed by atoms with Crippen molar-refractivity contribution in [3.63, 3.8) is 0 Å². The molecule has 0 aliphatic carbocycles. The lowest BCUT2D eigenvalue weighted by Gasteiger charge is -2.28. The van der Waals surface area contributed by atoms with Gasteiger partial charge in [0.25, 0.3) is 0 Å². The van der Waals surface area contributed by atoms with Crippen molar-refractivity contribution in [2.45, 2.75) is 32.8 Å². The SMILES string of the molecule is CC(C(=O)O)C1CCOC1(C)C. The van der Waals surface area contributed by atoms with Gasteiger partial charge in [-0.25, -0.2) is 0 Å². The van der Waals surface area contributed by atoms with Crippen LogP contribution >= 0.6 is 0 Å². The van der Waals surface area contributed by atoms with Gasteiger partial charge in [0.05, 0.1) is 11.5 Å². The average Bonchev–Trinajstić information content (AvgIpc) is 2.27. The van der Waals surface area contributed by atoms with E-state index in [4.69, 9.17) is 9.84 Å². The molecule has 2 atom stereocenters. The maximum absolute atomic E-state index is 10.7. The Morgan fingerprint density at radius 3 is 2.58 bits per heavy atom. The van der Waals surface area contributed by atoms with E-state index >= 15 is 0 Å². The smallest absolute Gasteiger partial charge is 0.306 e. The Bertz CT molecular complexity index is 186. The molecule has 0 bridgehead atoms. The van der Waals surface area contributed by atoms with E-state index in [9.17, 15) is 4.79 Å². The van der Waals surface area contributed by atoms with Gasteiger partial charge in [-0.3, -0.25) is 4.79 Å². The summed E-state index contributed by atoms with van der Waals surface area (Å²) in [5.74, 6) is -0.879. The lowest BCUT2D eigenvalue weighted by Crippen LogP contribution is -2.35. The van der Waals surface area contributed by atoms with E-state index in [1.54, 1.807) is 6.92 Å². The van der Waals surface area contributed by atoms with E-state index in [1.165, 1.54) is 0 Å². The molecule has 2 unspecified atom stereocenters. The highest BCUT2D eigenvalue weighted by Gasteiger charge is 2.41. The number of carboxylic acids is 1. The molecule has 1 N–H and O–H groups in total. The molecule has 3 nitrogen and oxygen atoms in total. The molecule has 0 saturated carbocycles. The number of rotatable bonds is 2. The third kappa shape index (κ3) is 1.61. The first-order valence-corrected chi connectivity index (χ1v) is 4.32. The van der Waals surface area contributed by atoms with Crippen LogP contribution in [0.3, 0.4) is 0 Å². The molecule has 0 radical (unpaired) electrons. The van der Waals surface area contributed by atoms with Crippen LogP contribution in [0.15, 0.2) is 0 Å². The van der Waals surface area contributed by atoms with Crippen LogP contribution in [0, 0.1) is 11.8 Å². The molecule has 1 fully saturated rings. The lowest BCUT2D eigenvalue weighted by atomic mass is 9.81. The van der Waals surface area contributed by atoms with Gasteiger partial charge in [0.15, 0.2) is 0 Å². The molecule has 1 rings (SSSR count). The van der Waals surface area contributed by atoms with Crippen LogP contribution in [0.1, 0.15) is 27.2 Å². The second kappa shape index (κ2) is 3.05. The number of aliphatic carboxylic acids is 1. The molecule has 0 aromatic heterocycles. The zero-order chi connectivity index (χ0) is 9.35. The van der Waals surface area contributed by atoms with Crippen LogP contribution in [-0.4, -0.2) is 23.3 Å². The van der Waals surface area contributed by atoms with Gasteiger partial charge >= 0.3 is 5.97 Å². The Labute approximate surface area is 72.7 Å². The van der Waals surface area contributed by atoms with E-state index in [0.717, 1.165) is 6.42 Å². The van der Waals surface area contributed by atoms with Gasteiger partial charge in [-0.15, -0.1) is 0 Å². The third-order valence-electron chi connectivity index (χ3n) is 2.79. The van der Waals surface area contributed by atoms with Crippen LogP contribution in [0.25, 0.3) is 0 Å². The maximum atomic E-state index is 10.7. The molecule has 12 heavy (non-hydrogen) atoms. The van der Waals surface area contributed by atoms with Crippen molar-refractivity contribution in [1.29, 1.82) is 0 Å². The monoisotopic (exact) mass is 172 g/mol. The van der Waals surface area contributed by atoms with Crippen molar-refractivity contribution in [2.24, 2.45) is 11.8 Å². The minimum atomic E-state index is -0.724. The van der Waals surface area contributed by atoms with Gasteiger partial charge < -0.3 is 9.84 Å². The van der Waals surface area contributed by atoms with E-state index in [2.05, 4.69) is 0 Å². The summed E-state index contributed by atoms with van der Waals surface area (Å²) in [4.78, 5) is 10.7. The van der Waals surface area contributed by atoms with Crippen molar-refractivity contribution in [3.05, 3.63) is 0 Å². The summed E-state index contributed by atoms with van der Waals surface area (Å²) >= 11 is 0. The number of ether oxygens (including phenoxy) is 1. The van der Waals surface area contributed by atoms with Gasteiger partial charge in [-0.1, -0.05) is 6.92 Å². The van der Waals surface area contributed by atoms with Crippen molar-refractivity contribution in [3.8, 4) is 0 Å². The number of hydrogen-bond donors (Lipinski definition) is 1. The van der Waals surface area contributed by atoms with Crippen molar-refractivity contribution in [1.82, 2.24) is 0 Å². The molecule has 0 spiro atoms.